The van der Waals surface area contributed by atoms with Crippen molar-refractivity contribution >= 4 is 39.7 Å². The van der Waals surface area contributed by atoms with Gasteiger partial charge in [0.25, 0.3) is 5.91 Å². The fourth-order valence-corrected chi connectivity index (χ4v) is 3.95. The fourth-order valence-electron chi connectivity index (χ4n) is 3.18. The summed E-state index contributed by atoms with van der Waals surface area (Å²) in [6, 6.07) is 18.7. The maximum absolute atomic E-state index is 12.4. The lowest BCUT2D eigenvalue weighted by molar-refractivity contribution is 0.0955. The molecule has 3 rings (SSSR count). The molecule has 0 spiro atoms. The van der Waals surface area contributed by atoms with Gasteiger partial charge in [0, 0.05) is 16.1 Å². The number of nitrogens with one attached hydrogen (secondary N) is 1. The Kier molecular flexibility index (Phi) is 8.75. The van der Waals surface area contributed by atoms with Crippen LogP contribution in [0.2, 0.25) is 5.02 Å². The Bertz CT molecular complexity index is 1170. The van der Waals surface area contributed by atoms with Crippen molar-refractivity contribution in [3.8, 4) is 11.5 Å². The topological polar surface area (TPSA) is 59.9 Å². The molecule has 5 nitrogen and oxygen atoms in total. The van der Waals surface area contributed by atoms with Crippen LogP contribution in [-0.2, 0) is 12.0 Å². The maximum Gasteiger partial charge on any atom is 0.271 e. The van der Waals surface area contributed by atoms with Gasteiger partial charge in [-0.1, -0.05) is 62.7 Å². The van der Waals surface area contributed by atoms with E-state index in [1.54, 1.807) is 18.3 Å². The van der Waals surface area contributed by atoms with E-state index >= 15 is 0 Å². The normalized spacial score (nSPS) is 11.5. The molecule has 0 aliphatic carbocycles. The van der Waals surface area contributed by atoms with Crippen LogP contribution in [-0.4, -0.2) is 18.7 Å². The highest BCUT2D eigenvalue weighted by atomic mass is 79.9. The van der Waals surface area contributed by atoms with Gasteiger partial charge in [0.1, 0.15) is 6.61 Å². The molecule has 1 N–H and O–H groups in total. The third kappa shape index (κ3) is 6.84. The third-order valence-corrected chi connectivity index (χ3v) is 6.01. The largest absolute Gasteiger partial charge is 0.490 e. The number of ether oxygens (including phenoxy) is 2. The highest BCUT2D eigenvalue weighted by molar-refractivity contribution is 9.10. The molecule has 7 heteroatoms. The number of carbonyl (C=O) groups excluding carboxylic acids is 1. The molecule has 0 aromatic heterocycles. The van der Waals surface area contributed by atoms with Crippen LogP contribution in [0.4, 0.5) is 0 Å². The molecule has 0 bridgehead atoms. The monoisotopic (exact) mass is 542 g/mol. The standard InChI is InChI=1S/C27H28BrClN2O3/c1-5-33-24-15-18(14-22(28)25(24)34-17-20-8-6-7-9-23(20)29)16-30-31-26(32)19-10-12-21(13-11-19)27(2,3)4/h6-16H,5,17H2,1-4H3,(H,31,32)/b30-16-. The maximum atomic E-state index is 12.4. The van der Waals surface area contributed by atoms with Gasteiger partial charge in [0.2, 0.25) is 0 Å². The second-order valence-corrected chi connectivity index (χ2v) is 9.93. The first-order valence-electron chi connectivity index (χ1n) is 11.0. The molecular weight excluding hydrogens is 516 g/mol. The Morgan fingerprint density at radius 1 is 1.09 bits per heavy atom. The zero-order valence-electron chi connectivity index (χ0n) is 19.7. The van der Waals surface area contributed by atoms with E-state index in [0.717, 1.165) is 16.7 Å². The first-order chi connectivity index (χ1) is 16.2. The van der Waals surface area contributed by atoms with E-state index in [-0.39, 0.29) is 11.3 Å². The Morgan fingerprint density at radius 2 is 1.79 bits per heavy atom. The van der Waals surface area contributed by atoms with Gasteiger partial charge >= 0.3 is 0 Å². The first-order valence-corrected chi connectivity index (χ1v) is 12.1. The molecule has 0 fully saturated rings. The van der Waals surface area contributed by atoms with Crippen LogP contribution in [0.1, 0.15) is 54.7 Å². The molecule has 0 unspecified atom stereocenters. The Balaban J connectivity index is 1.70. The summed E-state index contributed by atoms with van der Waals surface area (Å²) >= 11 is 9.79. The van der Waals surface area contributed by atoms with Gasteiger partial charge in [-0.2, -0.15) is 5.10 Å². The van der Waals surface area contributed by atoms with Crippen LogP contribution in [0.25, 0.3) is 0 Å². The number of hydrogen-bond acceptors (Lipinski definition) is 4. The number of hydrogen-bond donors (Lipinski definition) is 1. The number of amides is 1. The molecular formula is C27H28BrClN2O3. The van der Waals surface area contributed by atoms with Crippen LogP contribution in [0, 0.1) is 0 Å². The lowest BCUT2D eigenvalue weighted by atomic mass is 9.87. The predicted molar refractivity (Wildman–Crippen MR) is 141 cm³/mol. The van der Waals surface area contributed by atoms with Gasteiger partial charge in [0.15, 0.2) is 11.5 Å². The quantitative estimate of drug-likeness (QED) is 0.243. The van der Waals surface area contributed by atoms with Crippen LogP contribution < -0.4 is 14.9 Å². The SMILES string of the molecule is CCOc1cc(/C=N\NC(=O)c2ccc(C(C)(C)C)cc2)cc(Br)c1OCc1ccccc1Cl. The molecule has 0 aliphatic heterocycles. The van der Waals surface area contributed by atoms with E-state index in [0.29, 0.717) is 39.8 Å². The van der Waals surface area contributed by atoms with Crippen LogP contribution in [0.5, 0.6) is 11.5 Å². The van der Waals surface area contributed by atoms with Crippen LogP contribution in [0.15, 0.2) is 70.2 Å². The van der Waals surface area contributed by atoms with E-state index in [4.69, 9.17) is 21.1 Å². The summed E-state index contributed by atoms with van der Waals surface area (Å²) in [4.78, 5) is 12.4. The Morgan fingerprint density at radius 3 is 2.44 bits per heavy atom. The predicted octanol–water partition coefficient (Wildman–Crippen LogP) is 7.14. The van der Waals surface area contributed by atoms with Crippen molar-refractivity contribution in [1.82, 2.24) is 5.43 Å². The van der Waals surface area contributed by atoms with Gasteiger partial charge in [-0.15, -0.1) is 0 Å². The molecule has 0 saturated heterocycles. The van der Waals surface area contributed by atoms with Crippen molar-refractivity contribution in [2.45, 2.75) is 39.7 Å². The molecule has 0 heterocycles. The van der Waals surface area contributed by atoms with Crippen molar-refractivity contribution in [2.24, 2.45) is 5.10 Å². The lowest BCUT2D eigenvalue weighted by Gasteiger charge is -2.18. The second-order valence-electron chi connectivity index (χ2n) is 8.67. The third-order valence-electron chi connectivity index (χ3n) is 5.05. The van der Waals surface area contributed by atoms with E-state index in [2.05, 4.69) is 47.2 Å². The van der Waals surface area contributed by atoms with Crippen molar-refractivity contribution in [3.63, 3.8) is 0 Å². The van der Waals surface area contributed by atoms with Gasteiger partial charge in [-0.25, -0.2) is 5.43 Å². The zero-order valence-corrected chi connectivity index (χ0v) is 22.0. The molecule has 178 valence electrons. The average Bonchev–Trinajstić information content (AvgIpc) is 2.79. The van der Waals surface area contributed by atoms with E-state index in [9.17, 15) is 4.79 Å². The van der Waals surface area contributed by atoms with E-state index < -0.39 is 0 Å². The summed E-state index contributed by atoms with van der Waals surface area (Å²) < 4.78 is 12.5. The van der Waals surface area contributed by atoms with Gasteiger partial charge < -0.3 is 9.47 Å². The van der Waals surface area contributed by atoms with Crippen molar-refractivity contribution < 1.29 is 14.3 Å². The van der Waals surface area contributed by atoms with E-state index in [1.807, 2.05) is 55.5 Å². The number of nitrogens with zero attached hydrogens (tertiary/aromatic N) is 1. The summed E-state index contributed by atoms with van der Waals surface area (Å²) in [5, 5.41) is 4.75. The summed E-state index contributed by atoms with van der Waals surface area (Å²) in [5.41, 5.74) is 5.93. The lowest BCUT2D eigenvalue weighted by Crippen LogP contribution is -2.18. The molecule has 3 aromatic rings. The van der Waals surface area contributed by atoms with Crippen LogP contribution >= 0.6 is 27.5 Å². The molecule has 3 aromatic carbocycles. The molecule has 34 heavy (non-hydrogen) atoms. The first kappa shape index (κ1) is 25.8. The van der Waals surface area contributed by atoms with Crippen molar-refractivity contribution in [2.75, 3.05) is 6.61 Å². The highest BCUT2D eigenvalue weighted by Gasteiger charge is 2.15. The summed E-state index contributed by atoms with van der Waals surface area (Å²) in [6.45, 7) is 9.07. The number of rotatable bonds is 8. The zero-order chi connectivity index (χ0) is 24.7. The number of carbonyl (C=O) groups is 1. The molecule has 1 amide bonds. The highest BCUT2D eigenvalue weighted by Crippen LogP contribution is 2.37. The molecule has 0 saturated carbocycles. The van der Waals surface area contributed by atoms with Crippen molar-refractivity contribution in [3.05, 3.63) is 92.4 Å². The van der Waals surface area contributed by atoms with Crippen LogP contribution in [0.3, 0.4) is 0 Å². The van der Waals surface area contributed by atoms with E-state index in [1.165, 1.54) is 0 Å². The van der Waals surface area contributed by atoms with Gasteiger partial charge in [-0.3, -0.25) is 4.79 Å². The average molecular weight is 544 g/mol. The molecule has 0 aliphatic rings. The minimum absolute atomic E-state index is 0.0298. The summed E-state index contributed by atoms with van der Waals surface area (Å²) in [7, 11) is 0. The minimum atomic E-state index is -0.277. The number of hydrazone groups is 1. The summed E-state index contributed by atoms with van der Waals surface area (Å²) in [6.07, 6.45) is 1.56. The van der Waals surface area contributed by atoms with Gasteiger partial charge in [-0.05, 0) is 69.7 Å². The molecule has 0 radical (unpaired) electrons. The molecule has 0 atom stereocenters. The van der Waals surface area contributed by atoms with Gasteiger partial charge in [0.05, 0.1) is 17.3 Å². The Labute approximate surface area is 214 Å². The van der Waals surface area contributed by atoms with Crippen molar-refractivity contribution in [1.29, 1.82) is 0 Å². The minimum Gasteiger partial charge on any atom is -0.490 e. The Hall–Kier alpha value is -2.83. The summed E-state index contributed by atoms with van der Waals surface area (Å²) in [5.74, 6) is 0.858. The number of benzene rings is 3. The number of halogens is 2. The fraction of sp³-hybridized carbons (Fsp3) is 0.259. The second kappa shape index (κ2) is 11.5. The smallest absolute Gasteiger partial charge is 0.271 e.